The van der Waals surface area contributed by atoms with Crippen molar-refractivity contribution in [1.82, 2.24) is 14.1 Å². The summed E-state index contributed by atoms with van der Waals surface area (Å²) in [5.74, 6) is -0.423. The van der Waals surface area contributed by atoms with E-state index in [1.807, 2.05) is 30.3 Å². The Labute approximate surface area is 197 Å². The molecule has 0 amide bonds. The summed E-state index contributed by atoms with van der Waals surface area (Å²) in [7, 11) is -5.54. The van der Waals surface area contributed by atoms with Gasteiger partial charge in [-0.3, -0.25) is 9.55 Å². The fourth-order valence-corrected chi connectivity index (χ4v) is 4.25. The van der Waals surface area contributed by atoms with Gasteiger partial charge in [0.1, 0.15) is 0 Å². The molecule has 12 heteroatoms. The molecular weight excluding hydrogens is 485 g/mol. The standard InChI is InChI=1S/C23H19F3N4O4S/c1-15-21(31)30(18-7-9-19(10-8-18)35(33,34)23(24,25)26)22(32)29(15)14-16-11-12-27-13-20(16)28-17-5-3-2-4-6-17/h2-13,28,31H,14H2,1H3. The fourth-order valence-electron chi connectivity index (χ4n) is 3.49. The van der Waals surface area contributed by atoms with Gasteiger partial charge in [0.25, 0.3) is 9.84 Å². The predicted molar refractivity (Wildman–Crippen MR) is 123 cm³/mol. The third-order valence-corrected chi connectivity index (χ3v) is 6.87. The molecule has 35 heavy (non-hydrogen) atoms. The Morgan fingerprint density at radius 1 is 1.03 bits per heavy atom. The van der Waals surface area contributed by atoms with Gasteiger partial charge in [-0.05, 0) is 55.0 Å². The van der Waals surface area contributed by atoms with Crippen LogP contribution in [0.1, 0.15) is 11.3 Å². The Balaban J connectivity index is 1.70. The lowest BCUT2D eigenvalue weighted by molar-refractivity contribution is -0.0436. The number of para-hydroxylation sites is 1. The van der Waals surface area contributed by atoms with Crippen LogP contribution in [0.15, 0.2) is 82.7 Å². The van der Waals surface area contributed by atoms with Crippen molar-refractivity contribution in [3.05, 3.63) is 94.8 Å². The maximum Gasteiger partial charge on any atom is 0.501 e. The number of nitrogens with one attached hydrogen (secondary N) is 1. The second-order valence-corrected chi connectivity index (χ2v) is 9.52. The number of pyridine rings is 1. The summed E-state index contributed by atoms with van der Waals surface area (Å²) >= 11 is 0. The Morgan fingerprint density at radius 2 is 1.69 bits per heavy atom. The van der Waals surface area contributed by atoms with E-state index in [0.717, 1.165) is 34.5 Å². The minimum Gasteiger partial charge on any atom is -0.493 e. The van der Waals surface area contributed by atoms with Crippen LogP contribution in [-0.2, 0) is 16.4 Å². The molecule has 4 aromatic rings. The van der Waals surface area contributed by atoms with Crippen molar-refractivity contribution >= 4 is 21.2 Å². The van der Waals surface area contributed by atoms with E-state index in [9.17, 15) is 31.5 Å². The smallest absolute Gasteiger partial charge is 0.493 e. The summed E-state index contributed by atoms with van der Waals surface area (Å²) in [5.41, 5.74) is -3.76. The van der Waals surface area contributed by atoms with Crippen molar-refractivity contribution in [3.8, 4) is 11.6 Å². The zero-order chi connectivity index (χ0) is 25.4. The Morgan fingerprint density at radius 3 is 2.31 bits per heavy atom. The van der Waals surface area contributed by atoms with Crippen molar-refractivity contribution in [2.45, 2.75) is 23.9 Å². The van der Waals surface area contributed by atoms with Gasteiger partial charge >= 0.3 is 11.2 Å². The number of hydrogen-bond donors (Lipinski definition) is 2. The van der Waals surface area contributed by atoms with Crippen LogP contribution in [-0.4, -0.2) is 33.2 Å². The van der Waals surface area contributed by atoms with Gasteiger partial charge in [0.2, 0.25) is 5.88 Å². The second kappa shape index (κ2) is 8.95. The van der Waals surface area contributed by atoms with Crippen LogP contribution in [0.5, 0.6) is 5.88 Å². The third kappa shape index (κ3) is 4.52. The molecule has 0 aliphatic rings. The quantitative estimate of drug-likeness (QED) is 0.409. The predicted octanol–water partition coefficient (Wildman–Crippen LogP) is 4.13. The van der Waals surface area contributed by atoms with Gasteiger partial charge in [-0.15, -0.1) is 0 Å². The van der Waals surface area contributed by atoms with E-state index in [-0.39, 0.29) is 17.9 Å². The van der Waals surface area contributed by atoms with E-state index >= 15 is 0 Å². The Hall–Kier alpha value is -4.06. The summed E-state index contributed by atoms with van der Waals surface area (Å²) in [6, 6.07) is 14.5. The van der Waals surface area contributed by atoms with Crippen molar-refractivity contribution in [2.75, 3.05) is 5.32 Å². The number of imidazole rings is 1. The van der Waals surface area contributed by atoms with Crippen LogP contribution >= 0.6 is 0 Å². The van der Waals surface area contributed by atoms with Crippen molar-refractivity contribution < 1.29 is 26.7 Å². The molecule has 0 aliphatic carbocycles. The normalized spacial score (nSPS) is 12.0. The molecule has 0 atom stereocenters. The first-order valence-corrected chi connectivity index (χ1v) is 11.7. The van der Waals surface area contributed by atoms with E-state index in [1.54, 1.807) is 18.5 Å². The molecule has 0 bridgehead atoms. The first-order chi connectivity index (χ1) is 16.5. The maximum absolute atomic E-state index is 13.2. The van der Waals surface area contributed by atoms with Crippen molar-refractivity contribution in [2.24, 2.45) is 0 Å². The molecular formula is C23H19F3N4O4S. The van der Waals surface area contributed by atoms with Gasteiger partial charge in [-0.1, -0.05) is 18.2 Å². The number of aromatic hydroxyl groups is 1. The number of hydrogen-bond acceptors (Lipinski definition) is 6. The number of halogens is 3. The van der Waals surface area contributed by atoms with Crippen molar-refractivity contribution in [3.63, 3.8) is 0 Å². The van der Waals surface area contributed by atoms with Crippen molar-refractivity contribution in [1.29, 1.82) is 0 Å². The maximum atomic E-state index is 13.2. The van der Waals surface area contributed by atoms with Gasteiger partial charge in [0.15, 0.2) is 0 Å². The molecule has 0 radical (unpaired) electrons. The highest BCUT2D eigenvalue weighted by Crippen LogP contribution is 2.31. The van der Waals surface area contributed by atoms with Crippen LogP contribution in [0.25, 0.3) is 5.69 Å². The minimum absolute atomic E-state index is 0.00726. The first kappa shape index (κ1) is 24.1. The summed E-state index contributed by atoms with van der Waals surface area (Å²) in [6.07, 6.45) is 3.15. The highest BCUT2D eigenvalue weighted by Gasteiger charge is 2.46. The van der Waals surface area contributed by atoms with Gasteiger partial charge in [-0.2, -0.15) is 13.2 Å². The molecule has 8 nitrogen and oxygen atoms in total. The van der Waals surface area contributed by atoms with Gasteiger partial charge in [0, 0.05) is 11.9 Å². The van der Waals surface area contributed by atoms with E-state index < -0.39 is 31.8 Å². The molecule has 2 aromatic heterocycles. The zero-order valence-corrected chi connectivity index (χ0v) is 19.0. The molecule has 0 unspecified atom stereocenters. The Kier molecular flexibility index (Phi) is 6.15. The number of anilines is 2. The number of sulfone groups is 1. The van der Waals surface area contributed by atoms with Gasteiger partial charge < -0.3 is 10.4 Å². The zero-order valence-electron chi connectivity index (χ0n) is 18.2. The fraction of sp³-hybridized carbons (Fsp3) is 0.130. The molecule has 0 spiro atoms. The van der Waals surface area contributed by atoms with Crippen LogP contribution < -0.4 is 11.0 Å². The number of nitrogens with zero attached hydrogens (tertiary/aromatic N) is 3. The molecule has 0 saturated carbocycles. The van der Waals surface area contributed by atoms with E-state index in [0.29, 0.717) is 11.3 Å². The first-order valence-electron chi connectivity index (χ1n) is 10.2. The van der Waals surface area contributed by atoms with E-state index in [1.165, 1.54) is 11.5 Å². The number of alkyl halides is 3. The highest BCUT2D eigenvalue weighted by molar-refractivity contribution is 7.92. The molecule has 0 fully saturated rings. The van der Waals surface area contributed by atoms with Gasteiger partial charge in [-0.25, -0.2) is 17.8 Å². The third-order valence-electron chi connectivity index (χ3n) is 5.37. The van der Waals surface area contributed by atoms with E-state index in [4.69, 9.17) is 0 Å². The Bertz CT molecular complexity index is 1530. The van der Waals surface area contributed by atoms with Crippen LogP contribution in [0.2, 0.25) is 0 Å². The monoisotopic (exact) mass is 504 g/mol. The van der Waals surface area contributed by atoms with Crippen LogP contribution in [0.4, 0.5) is 24.5 Å². The summed E-state index contributed by atoms with van der Waals surface area (Å²) < 4.78 is 63.8. The highest BCUT2D eigenvalue weighted by atomic mass is 32.2. The lowest BCUT2D eigenvalue weighted by Crippen LogP contribution is -2.25. The lowest BCUT2D eigenvalue weighted by atomic mass is 10.2. The van der Waals surface area contributed by atoms with E-state index in [2.05, 4.69) is 10.3 Å². The largest absolute Gasteiger partial charge is 0.501 e. The second-order valence-electron chi connectivity index (χ2n) is 7.58. The molecule has 0 aliphatic heterocycles. The minimum atomic E-state index is -5.54. The SMILES string of the molecule is Cc1c(O)n(-c2ccc(S(=O)(=O)C(F)(F)F)cc2)c(=O)n1Cc1ccncc1Nc1ccccc1. The summed E-state index contributed by atoms with van der Waals surface area (Å²) in [4.78, 5) is 16.3. The summed E-state index contributed by atoms with van der Waals surface area (Å²) in [5, 5.41) is 13.8. The van der Waals surface area contributed by atoms with Crippen LogP contribution in [0, 0.1) is 6.92 Å². The molecule has 2 N–H and O–H groups in total. The topological polar surface area (TPSA) is 106 Å². The number of aromatic nitrogens is 3. The van der Waals surface area contributed by atoms with Crippen LogP contribution in [0.3, 0.4) is 0 Å². The average molecular weight is 504 g/mol. The van der Waals surface area contributed by atoms with Gasteiger partial charge in [0.05, 0.1) is 34.7 Å². The average Bonchev–Trinajstić information content (AvgIpc) is 3.03. The number of benzene rings is 2. The molecule has 182 valence electrons. The molecule has 2 heterocycles. The lowest BCUT2D eigenvalue weighted by Gasteiger charge is -2.12. The molecule has 0 saturated heterocycles. The number of rotatable bonds is 6. The molecule has 4 rings (SSSR count). The summed E-state index contributed by atoms with van der Waals surface area (Å²) in [6.45, 7) is 1.57. The molecule has 2 aromatic carbocycles.